The van der Waals surface area contributed by atoms with Gasteiger partial charge in [-0.05, 0) is 36.2 Å². The minimum Gasteiger partial charge on any atom is -0.272 e. The maximum absolute atomic E-state index is 12.8. The van der Waals surface area contributed by atoms with Gasteiger partial charge in [-0.15, -0.1) is 0 Å². The topological polar surface area (TPSA) is 92.9 Å². The van der Waals surface area contributed by atoms with Crippen LogP contribution in [0.5, 0.6) is 0 Å². The molecule has 26 heavy (non-hydrogen) atoms. The molecule has 132 valence electrons. The van der Waals surface area contributed by atoms with Crippen LogP contribution in [0.15, 0.2) is 35.5 Å². The average Bonchev–Trinajstić information content (AvgIpc) is 3.40. The van der Waals surface area contributed by atoms with Gasteiger partial charge in [-0.2, -0.15) is 10.1 Å². The first-order valence-electron chi connectivity index (χ1n) is 8.51. The lowest BCUT2D eigenvalue weighted by molar-refractivity contribution is -0.384. The van der Waals surface area contributed by atoms with Crippen molar-refractivity contribution in [2.45, 2.75) is 6.42 Å². The number of non-ortho nitro benzene ring substituents is 1. The standard InChI is InChI=1S/C18H14ClN3O4/c19-14-4-1-9(22(25)26)5-8(14)7-20-21-17(23)15-10-2-3-11(13-6-12(10)13)16(15)18(21)24/h1-5,7,10-13,15-16H,6H2/t10-,11-,12-,13+,15+,16+/m0/s1. The molecular weight excluding hydrogens is 358 g/mol. The summed E-state index contributed by atoms with van der Waals surface area (Å²) in [5.41, 5.74) is 0.159. The third kappa shape index (κ3) is 2.03. The molecule has 2 bridgehead atoms. The van der Waals surface area contributed by atoms with E-state index in [1.807, 2.05) is 0 Å². The number of benzene rings is 1. The van der Waals surface area contributed by atoms with Crippen LogP contribution in [-0.2, 0) is 9.59 Å². The van der Waals surface area contributed by atoms with E-state index in [9.17, 15) is 19.7 Å². The van der Waals surface area contributed by atoms with Crippen LogP contribution in [0.4, 0.5) is 5.69 Å². The summed E-state index contributed by atoms with van der Waals surface area (Å²) in [6.07, 6.45) is 6.53. The summed E-state index contributed by atoms with van der Waals surface area (Å²) in [6, 6.07) is 3.95. The number of amides is 2. The number of rotatable bonds is 3. The summed E-state index contributed by atoms with van der Waals surface area (Å²) in [4.78, 5) is 36.0. The van der Waals surface area contributed by atoms with Crippen LogP contribution in [0.2, 0.25) is 5.02 Å². The second-order valence-electron chi connectivity index (χ2n) is 7.35. The Labute approximate surface area is 153 Å². The predicted molar refractivity (Wildman–Crippen MR) is 92.3 cm³/mol. The molecule has 1 aromatic carbocycles. The number of hydrazone groups is 1. The van der Waals surface area contributed by atoms with Crippen molar-refractivity contribution in [3.8, 4) is 0 Å². The minimum atomic E-state index is -0.538. The zero-order chi connectivity index (χ0) is 18.2. The molecular formula is C18H14ClN3O4. The molecule has 1 aliphatic heterocycles. The zero-order valence-electron chi connectivity index (χ0n) is 13.5. The summed E-state index contributed by atoms with van der Waals surface area (Å²) in [5, 5.41) is 16.2. The fraction of sp³-hybridized carbons (Fsp3) is 0.389. The Bertz CT molecular complexity index is 891. The lowest BCUT2D eigenvalue weighted by atomic mass is 9.63. The number of nitro groups is 1. The largest absolute Gasteiger partial charge is 0.272 e. The van der Waals surface area contributed by atoms with E-state index < -0.39 is 4.92 Å². The minimum absolute atomic E-state index is 0.132. The van der Waals surface area contributed by atoms with Crippen LogP contribution in [0, 0.1) is 45.6 Å². The van der Waals surface area contributed by atoms with Gasteiger partial charge in [0.2, 0.25) is 0 Å². The maximum Gasteiger partial charge on any atom is 0.270 e. The maximum atomic E-state index is 12.8. The van der Waals surface area contributed by atoms with Gasteiger partial charge in [0, 0.05) is 22.7 Å². The normalized spacial score (nSPS) is 36.6. The molecule has 0 unspecified atom stereocenters. The van der Waals surface area contributed by atoms with Gasteiger partial charge in [-0.3, -0.25) is 19.7 Å². The molecule has 8 heteroatoms. The molecule has 0 N–H and O–H groups in total. The Hall–Kier alpha value is -2.54. The van der Waals surface area contributed by atoms with Crippen LogP contribution >= 0.6 is 11.6 Å². The number of nitro benzene ring substituents is 1. The van der Waals surface area contributed by atoms with E-state index in [1.165, 1.54) is 24.4 Å². The van der Waals surface area contributed by atoms with Gasteiger partial charge in [0.1, 0.15) is 0 Å². The van der Waals surface area contributed by atoms with E-state index in [2.05, 4.69) is 17.3 Å². The third-order valence-corrected chi connectivity index (χ3v) is 6.49. The smallest absolute Gasteiger partial charge is 0.270 e. The Morgan fingerprint density at radius 2 is 1.77 bits per heavy atom. The molecule has 2 saturated carbocycles. The van der Waals surface area contributed by atoms with Gasteiger partial charge in [-0.1, -0.05) is 23.8 Å². The molecule has 0 spiro atoms. The molecule has 0 radical (unpaired) electrons. The molecule has 0 aromatic heterocycles. The number of hydrogen-bond acceptors (Lipinski definition) is 5. The number of nitrogens with zero attached hydrogens (tertiary/aromatic N) is 3. The average molecular weight is 372 g/mol. The van der Waals surface area contributed by atoms with Gasteiger partial charge >= 0.3 is 0 Å². The highest BCUT2D eigenvalue weighted by Gasteiger charge is 2.67. The highest BCUT2D eigenvalue weighted by atomic mass is 35.5. The summed E-state index contributed by atoms with van der Waals surface area (Å²) < 4.78 is 0. The SMILES string of the molecule is O=C1[C@@H]2[C@H]3C=C[C@@H]([C@@H]4C[C@H]34)[C@H]2C(=O)N1N=Cc1cc([N+](=O)[O-])ccc1Cl. The number of carbonyl (C=O) groups is 2. The van der Waals surface area contributed by atoms with Crippen LogP contribution < -0.4 is 0 Å². The Morgan fingerprint density at radius 3 is 2.35 bits per heavy atom. The van der Waals surface area contributed by atoms with Crippen LogP contribution in [-0.4, -0.2) is 28.0 Å². The Morgan fingerprint density at radius 1 is 1.15 bits per heavy atom. The first-order chi connectivity index (χ1) is 12.5. The first kappa shape index (κ1) is 15.7. The van der Waals surface area contributed by atoms with Crippen molar-refractivity contribution in [1.29, 1.82) is 0 Å². The molecule has 2 amide bonds. The van der Waals surface area contributed by atoms with E-state index in [-0.39, 0.29) is 46.2 Å². The van der Waals surface area contributed by atoms with Crippen molar-refractivity contribution < 1.29 is 14.5 Å². The van der Waals surface area contributed by atoms with E-state index in [0.29, 0.717) is 17.4 Å². The fourth-order valence-electron chi connectivity index (χ4n) is 4.92. The molecule has 3 fully saturated rings. The molecule has 7 nitrogen and oxygen atoms in total. The monoisotopic (exact) mass is 371 g/mol. The van der Waals surface area contributed by atoms with Gasteiger partial charge in [0.25, 0.3) is 17.5 Å². The van der Waals surface area contributed by atoms with E-state index in [4.69, 9.17) is 11.6 Å². The number of carbonyl (C=O) groups excluding carboxylic acids is 2. The zero-order valence-corrected chi connectivity index (χ0v) is 14.2. The van der Waals surface area contributed by atoms with Crippen molar-refractivity contribution in [3.05, 3.63) is 51.1 Å². The second-order valence-corrected chi connectivity index (χ2v) is 7.76. The Kier molecular flexibility index (Phi) is 3.16. The van der Waals surface area contributed by atoms with Crippen molar-refractivity contribution in [2.75, 3.05) is 0 Å². The van der Waals surface area contributed by atoms with Gasteiger partial charge in [0.05, 0.1) is 23.0 Å². The van der Waals surface area contributed by atoms with Crippen LogP contribution in [0.25, 0.3) is 0 Å². The third-order valence-electron chi connectivity index (χ3n) is 6.14. The number of halogens is 1. The lowest BCUT2D eigenvalue weighted by Gasteiger charge is -2.37. The van der Waals surface area contributed by atoms with E-state index >= 15 is 0 Å². The van der Waals surface area contributed by atoms with Crippen molar-refractivity contribution in [1.82, 2.24) is 5.01 Å². The summed E-state index contributed by atoms with van der Waals surface area (Å²) in [7, 11) is 0. The summed E-state index contributed by atoms with van der Waals surface area (Å²) in [5.74, 6) is 0.125. The van der Waals surface area contributed by atoms with Crippen molar-refractivity contribution >= 4 is 35.3 Å². The molecule has 5 aliphatic rings. The number of hydrogen-bond donors (Lipinski definition) is 0. The van der Waals surface area contributed by atoms with E-state index in [1.54, 1.807) is 0 Å². The lowest BCUT2D eigenvalue weighted by Crippen LogP contribution is -2.40. The fourth-order valence-corrected chi connectivity index (χ4v) is 5.08. The first-order valence-corrected chi connectivity index (χ1v) is 8.89. The predicted octanol–water partition coefficient (Wildman–Crippen LogP) is 2.64. The van der Waals surface area contributed by atoms with Crippen LogP contribution in [0.3, 0.4) is 0 Å². The number of allylic oxidation sites excluding steroid dienone is 2. The highest BCUT2D eigenvalue weighted by molar-refractivity contribution is 6.33. The second kappa shape index (κ2) is 5.23. The van der Waals surface area contributed by atoms with Gasteiger partial charge < -0.3 is 0 Å². The van der Waals surface area contributed by atoms with Crippen molar-refractivity contribution in [3.63, 3.8) is 0 Å². The quantitative estimate of drug-likeness (QED) is 0.268. The molecule has 6 rings (SSSR count). The Balaban J connectivity index is 1.45. The molecule has 1 aromatic rings. The highest BCUT2D eigenvalue weighted by Crippen LogP contribution is 2.65. The summed E-state index contributed by atoms with van der Waals surface area (Å²) >= 11 is 6.05. The van der Waals surface area contributed by atoms with Gasteiger partial charge in [0.15, 0.2) is 0 Å². The van der Waals surface area contributed by atoms with Crippen LogP contribution in [0.1, 0.15) is 12.0 Å². The molecule has 6 atom stereocenters. The van der Waals surface area contributed by atoms with E-state index in [0.717, 1.165) is 11.4 Å². The molecule has 4 aliphatic carbocycles. The summed E-state index contributed by atoms with van der Waals surface area (Å²) in [6.45, 7) is 0. The van der Waals surface area contributed by atoms with Crippen molar-refractivity contribution in [2.24, 2.45) is 40.6 Å². The van der Waals surface area contributed by atoms with Gasteiger partial charge in [-0.25, -0.2) is 0 Å². The molecule has 1 saturated heterocycles. The molecule has 1 heterocycles. The number of imide groups is 1.